The summed E-state index contributed by atoms with van der Waals surface area (Å²) in [6, 6.07) is 15.5. The van der Waals surface area contributed by atoms with Crippen molar-refractivity contribution in [3.05, 3.63) is 70.1 Å². The van der Waals surface area contributed by atoms with Crippen LogP contribution in [-0.4, -0.2) is 12.5 Å². The monoisotopic (exact) mass is 250 g/mol. The van der Waals surface area contributed by atoms with E-state index < -0.39 is 5.91 Å². The summed E-state index contributed by atoms with van der Waals surface area (Å²) in [6.07, 6.45) is 2.13. The van der Waals surface area contributed by atoms with Gasteiger partial charge in [0.15, 0.2) is 0 Å². The molecule has 1 amide bonds. The van der Waals surface area contributed by atoms with Crippen molar-refractivity contribution in [2.45, 2.75) is 0 Å². The van der Waals surface area contributed by atoms with Crippen LogP contribution >= 0.6 is 0 Å². The summed E-state index contributed by atoms with van der Waals surface area (Å²) in [5.74, 6) is -0.406. The van der Waals surface area contributed by atoms with Crippen molar-refractivity contribution in [1.82, 2.24) is 5.32 Å². The molecule has 0 unspecified atom stereocenters. The number of amides is 1. The molecule has 1 heterocycles. The van der Waals surface area contributed by atoms with Crippen LogP contribution in [0.25, 0.3) is 11.8 Å². The number of primary amides is 1. The Morgan fingerprint density at radius 3 is 2.63 bits per heavy atom. The molecular formula is C16H14N2O. The Hall–Kier alpha value is -2.55. The van der Waals surface area contributed by atoms with E-state index in [0.29, 0.717) is 5.56 Å². The third-order valence-electron chi connectivity index (χ3n) is 3.29. The van der Waals surface area contributed by atoms with Gasteiger partial charge >= 0.3 is 0 Å². The first-order valence-electron chi connectivity index (χ1n) is 6.20. The van der Waals surface area contributed by atoms with Crippen LogP contribution in [0.4, 0.5) is 0 Å². The van der Waals surface area contributed by atoms with E-state index in [4.69, 9.17) is 5.73 Å². The van der Waals surface area contributed by atoms with Crippen LogP contribution in [-0.2, 0) is 0 Å². The third kappa shape index (κ3) is 1.99. The highest BCUT2D eigenvalue weighted by molar-refractivity contribution is 5.98. The molecule has 0 radical (unpaired) electrons. The molecule has 0 spiro atoms. The minimum absolute atomic E-state index is 0.406. The number of rotatable bonds is 2. The van der Waals surface area contributed by atoms with Crippen molar-refractivity contribution in [3.8, 4) is 0 Å². The number of hydrogen-bond acceptors (Lipinski definition) is 2. The van der Waals surface area contributed by atoms with Crippen molar-refractivity contribution < 1.29 is 4.79 Å². The Morgan fingerprint density at radius 2 is 1.79 bits per heavy atom. The number of hydrogen-bond donors (Lipinski definition) is 2. The maximum atomic E-state index is 11.5. The lowest BCUT2D eigenvalue weighted by molar-refractivity contribution is 0.1000. The third-order valence-corrected chi connectivity index (χ3v) is 3.29. The van der Waals surface area contributed by atoms with Crippen LogP contribution in [0.5, 0.6) is 0 Å². The van der Waals surface area contributed by atoms with Gasteiger partial charge in [0.05, 0.1) is 5.70 Å². The van der Waals surface area contributed by atoms with Gasteiger partial charge in [-0.15, -0.1) is 0 Å². The molecule has 3 N–H and O–H groups in total. The molecular weight excluding hydrogens is 236 g/mol. The summed E-state index contributed by atoms with van der Waals surface area (Å²) in [5, 5.41) is 5.62. The van der Waals surface area contributed by atoms with E-state index in [9.17, 15) is 4.79 Å². The van der Waals surface area contributed by atoms with Gasteiger partial charge in [-0.2, -0.15) is 0 Å². The molecule has 2 aromatic rings. The fraction of sp³-hybridized carbons (Fsp3) is 0.0625. The van der Waals surface area contributed by atoms with Gasteiger partial charge in [-0.1, -0.05) is 48.5 Å². The second-order valence-electron chi connectivity index (χ2n) is 4.46. The molecule has 19 heavy (non-hydrogen) atoms. The van der Waals surface area contributed by atoms with Gasteiger partial charge in [0.25, 0.3) is 0 Å². The van der Waals surface area contributed by atoms with Gasteiger partial charge < -0.3 is 11.1 Å². The minimum Gasteiger partial charge on any atom is -0.381 e. The van der Waals surface area contributed by atoms with E-state index in [1.807, 2.05) is 36.4 Å². The Morgan fingerprint density at radius 1 is 1.05 bits per heavy atom. The van der Waals surface area contributed by atoms with Crippen molar-refractivity contribution in [3.63, 3.8) is 0 Å². The van der Waals surface area contributed by atoms with E-state index >= 15 is 0 Å². The maximum absolute atomic E-state index is 11.5. The highest BCUT2D eigenvalue weighted by Gasteiger charge is 2.13. The van der Waals surface area contributed by atoms with Gasteiger partial charge in [-0.3, -0.25) is 4.79 Å². The number of fused-ring (bicyclic) bond motifs is 1. The zero-order chi connectivity index (χ0) is 13.2. The molecule has 0 saturated carbocycles. The summed E-state index contributed by atoms with van der Waals surface area (Å²) >= 11 is 0. The molecule has 3 nitrogen and oxygen atoms in total. The molecule has 3 heteroatoms. The molecule has 1 aliphatic rings. The second kappa shape index (κ2) is 4.61. The number of benzene rings is 2. The Balaban J connectivity index is 2.35. The Bertz CT molecular complexity index is 762. The van der Waals surface area contributed by atoms with Crippen LogP contribution in [0.15, 0.2) is 48.5 Å². The molecule has 0 saturated heterocycles. The number of carbonyl (C=O) groups is 1. The van der Waals surface area contributed by atoms with E-state index in [2.05, 4.69) is 17.5 Å². The smallest absolute Gasteiger partial charge is 0.249 e. The van der Waals surface area contributed by atoms with Crippen molar-refractivity contribution in [2.75, 3.05) is 6.54 Å². The second-order valence-corrected chi connectivity index (χ2v) is 4.46. The molecule has 0 bridgehead atoms. The fourth-order valence-corrected chi connectivity index (χ4v) is 2.42. The number of nitrogens with one attached hydrogen (secondary N) is 1. The van der Waals surface area contributed by atoms with Gasteiger partial charge in [0, 0.05) is 22.9 Å². The SMILES string of the molecule is NC(=O)c1ccccc1C1=c2ccccc2=CCN1. The fourth-order valence-electron chi connectivity index (χ4n) is 2.42. The summed E-state index contributed by atoms with van der Waals surface area (Å²) in [4.78, 5) is 11.5. The van der Waals surface area contributed by atoms with Gasteiger partial charge in [0.2, 0.25) is 5.91 Å². The van der Waals surface area contributed by atoms with E-state index in [-0.39, 0.29) is 0 Å². The van der Waals surface area contributed by atoms with Crippen LogP contribution in [0.3, 0.4) is 0 Å². The predicted octanol–water partition coefficient (Wildman–Crippen LogP) is 0.326. The molecule has 1 aliphatic heterocycles. The van der Waals surface area contributed by atoms with Crippen LogP contribution in [0.2, 0.25) is 0 Å². The lowest BCUT2D eigenvalue weighted by Gasteiger charge is -2.16. The zero-order valence-electron chi connectivity index (χ0n) is 10.4. The van der Waals surface area contributed by atoms with Crippen molar-refractivity contribution in [1.29, 1.82) is 0 Å². The van der Waals surface area contributed by atoms with Crippen molar-refractivity contribution >= 4 is 17.7 Å². The first kappa shape index (κ1) is 11.5. The van der Waals surface area contributed by atoms with Crippen LogP contribution < -0.4 is 21.5 Å². The summed E-state index contributed by atoms with van der Waals surface area (Å²) in [7, 11) is 0. The molecule has 2 aromatic carbocycles. The average Bonchev–Trinajstić information content (AvgIpc) is 2.46. The lowest BCUT2D eigenvalue weighted by atomic mass is 10.00. The lowest BCUT2D eigenvalue weighted by Crippen LogP contribution is -2.38. The number of nitrogens with two attached hydrogens (primary N) is 1. The average molecular weight is 250 g/mol. The first-order chi connectivity index (χ1) is 9.27. The normalized spacial score (nSPS) is 13.2. The van der Waals surface area contributed by atoms with E-state index in [0.717, 1.165) is 23.0 Å². The highest BCUT2D eigenvalue weighted by Crippen LogP contribution is 2.14. The maximum Gasteiger partial charge on any atom is 0.249 e. The van der Waals surface area contributed by atoms with Crippen molar-refractivity contribution in [2.24, 2.45) is 5.73 Å². The largest absolute Gasteiger partial charge is 0.381 e. The number of carbonyl (C=O) groups excluding carboxylic acids is 1. The summed E-state index contributed by atoms with van der Waals surface area (Å²) in [5.41, 5.74) is 7.82. The highest BCUT2D eigenvalue weighted by atomic mass is 16.1. The molecule has 0 aromatic heterocycles. The topological polar surface area (TPSA) is 55.1 Å². The molecule has 0 atom stereocenters. The van der Waals surface area contributed by atoms with Crippen LogP contribution in [0, 0.1) is 0 Å². The van der Waals surface area contributed by atoms with Gasteiger partial charge in [-0.25, -0.2) is 0 Å². The molecule has 94 valence electrons. The predicted molar refractivity (Wildman–Crippen MR) is 75.6 cm³/mol. The van der Waals surface area contributed by atoms with Gasteiger partial charge in [0.1, 0.15) is 0 Å². The minimum atomic E-state index is -0.406. The quantitative estimate of drug-likeness (QED) is 0.807. The summed E-state index contributed by atoms with van der Waals surface area (Å²) in [6.45, 7) is 0.749. The molecule has 3 rings (SSSR count). The molecule has 0 fully saturated rings. The first-order valence-corrected chi connectivity index (χ1v) is 6.20. The van der Waals surface area contributed by atoms with Crippen LogP contribution in [0.1, 0.15) is 15.9 Å². The zero-order valence-corrected chi connectivity index (χ0v) is 10.4. The summed E-state index contributed by atoms with van der Waals surface area (Å²) < 4.78 is 0. The van der Waals surface area contributed by atoms with Gasteiger partial charge in [-0.05, 0) is 11.3 Å². The molecule has 0 aliphatic carbocycles. The Kier molecular flexibility index (Phi) is 2.80. The van der Waals surface area contributed by atoms with E-state index in [1.165, 1.54) is 5.22 Å². The van der Waals surface area contributed by atoms with E-state index in [1.54, 1.807) is 6.07 Å². The Labute approximate surface area is 111 Å². The standard InChI is InChI=1S/C16H14N2O/c17-16(19)14-8-4-3-7-13(14)15-12-6-2-1-5-11(12)9-10-18-15/h1-9,18H,10H2,(H2,17,19).